The van der Waals surface area contributed by atoms with Crippen LogP contribution in [0.2, 0.25) is 5.04 Å². The van der Waals surface area contributed by atoms with E-state index in [1.165, 1.54) is 10.4 Å². The summed E-state index contributed by atoms with van der Waals surface area (Å²) < 4.78 is 6.95. The van der Waals surface area contributed by atoms with Crippen LogP contribution in [0.25, 0.3) is 10.4 Å². The third kappa shape index (κ3) is 7.10. The molecular formula is C30H35N3OSi. The molecule has 3 aromatic carbocycles. The van der Waals surface area contributed by atoms with E-state index >= 15 is 0 Å². The minimum atomic E-state index is -2.50. The predicted octanol–water partition coefficient (Wildman–Crippen LogP) is 6.85. The van der Waals surface area contributed by atoms with Crippen molar-refractivity contribution in [1.29, 1.82) is 0 Å². The molecule has 0 saturated heterocycles. The van der Waals surface area contributed by atoms with Crippen molar-refractivity contribution in [2.75, 3.05) is 6.61 Å². The van der Waals surface area contributed by atoms with E-state index in [1.54, 1.807) is 0 Å². The highest BCUT2D eigenvalue weighted by molar-refractivity contribution is 6.99. The summed E-state index contributed by atoms with van der Waals surface area (Å²) in [4.78, 5) is 3.04. The van der Waals surface area contributed by atoms with Crippen molar-refractivity contribution in [3.05, 3.63) is 107 Å². The number of unbranched alkanes of at least 4 members (excludes halogenated alkanes) is 1. The van der Waals surface area contributed by atoms with Crippen LogP contribution in [0.4, 0.5) is 0 Å². The lowest BCUT2D eigenvalue weighted by atomic mass is 10.1. The normalized spacial score (nSPS) is 12.2. The number of hydrogen-bond donors (Lipinski definition) is 0. The zero-order chi connectivity index (χ0) is 25.0. The number of nitrogens with zero attached hydrogens (tertiary/aromatic N) is 3. The predicted molar refractivity (Wildman–Crippen MR) is 148 cm³/mol. The van der Waals surface area contributed by atoms with Gasteiger partial charge in [-0.05, 0) is 45.9 Å². The fourth-order valence-electron chi connectivity index (χ4n) is 4.53. The molecule has 0 bridgehead atoms. The van der Waals surface area contributed by atoms with E-state index in [2.05, 4.69) is 103 Å². The number of azide groups is 1. The summed E-state index contributed by atoms with van der Waals surface area (Å²) in [7, 11) is -2.50. The maximum Gasteiger partial charge on any atom is 0.261 e. The van der Waals surface area contributed by atoms with Crippen molar-refractivity contribution in [3.63, 3.8) is 0 Å². The Bertz CT molecular complexity index is 1100. The van der Waals surface area contributed by atoms with E-state index in [9.17, 15) is 0 Å². The Kier molecular flexibility index (Phi) is 9.75. The Balaban J connectivity index is 1.66. The summed E-state index contributed by atoms with van der Waals surface area (Å²) in [5.41, 5.74) is 9.97. The van der Waals surface area contributed by atoms with Crippen molar-refractivity contribution < 1.29 is 4.43 Å². The van der Waals surface area contributed by atoms with E-state index in [0.717, 1.165) is 24.8 Å². The molecule has 5 heteroatoms. The molecule has 4 nitrogen and oxygen atoms in total. The molecule has 3 rings (SSSR count). The van der Waals surface area contributed by atoms with Gasteiger partial charge in [0.25, 0.3) is 8.32 Å². The molecule has 0 fully saturated rings. The van der Waals surface area contributed by atoms with E-state index in [1.807, 2.05) is 30.3 Å². The second kappa shape index (κ2) is 13.0. The minimum absolute atomic E-state index is 0.0314. The first-order valence-corrected chi connectivity index (χ1v) is 14.2. The molecule has 0 heterocycles. The molecule has 3 aromatic rings. The van der Waals surface area contributed by atoms with Crippen molar-refractivity contribution >= 4 is 18.7 Å². The molecule has 0 aliphatic heterocycles. The standard InChI is InChI=1S/C30H35N3OSi/c1-30(2,3)35(28-21-9-5-10-22-28,29-23-11-6-12-24-29)34-25-14-13-19-27(32-33-31)20-15-18-26-16-7-4-8-17-26/h4-12,16-17,21-24,27H,13-14,19-20,25H2,1-3H3. The van der Waals surface area contributed by atoms with E-state index < -0.39 is 8.32 Å². The van der Waals surface area contributed by atoms with Gasteiger partial charge in [0.05, 0.1) is 0 Å². The molecular weight excluding hydrogens is 446 g/mol. The van der Waals surface area contributed by atoms with Crippen molar-refractivity contribution in [2.45, 2.75) is 57.5 Å². The molecule has 180 valence electrons. The summed E-state index contributed by atoms with van der Waals surface area (Å²) in [6.45, 7) is 7.55. The van der Waals surface area contributed by atoms with Gasteiger partial charge < -0.3 is 4.43 Å². The van der Waals surface area contributed by atoms with Gasteiger partial charge in [0, 0.05) is 29.5 Å². The molecule has 0 aliphatic carbocycles. The largest absolute Gasteiger partial charge is 0.407 e. The molecule has 35 heavy (non-hydrogen) atoms. The second-order valence-corrected chi connectivity index (χ2v) is 14.0. The first kappa shape index (κ1) is 26.3. The number of benzene rings is 3. The van der Waals surface area contributed by atoms with Crippen LogP contribution in [0.5, 0.6) is 0 Å². The van der Waals surface area contributed by atoms with Crippen LogP contribution in [-0.4, -0.2) is 21.0 Å². The first-order valence-electron chi connectivity index (χ1n) is 12.3. The molecule has 0 N–H and O–H groups in total. The van der Waals surface area contributed by atoms with Gasteiger partial charge in [-0.25, -0.2) is 0 Å². The summed E-state index contributed by atoms with van der Waals surface area (Å²) in [5, 5.41) is 6.54. The highest BCUT2D eigenvalue weighted by Crippen LogP contribution is 2.36. The van der Waals surface area contributed by atoms with Gasteiger partial charge in [0.15, 0.2) is 0 Å². The summed E-state index contributed by atoms with van der Waals surface area (Å²) in [6.07, 6.45) is 3.20. The van der Waals surface area contributed by atoms with Gasteiger partial charge in [0.1, 0.15) is 0 Å². The molecule has 0 aliphatic rings. The molecule has 0 radical (unpaired) electrons. The fourth-order valence-corrected chi connectivity index (χ4v) is 9.14. The summed E-state index contributed by atoms with van der Waals surface area (Å²) in [6, 6.07) is 31.2. The van der Waals surface area contributed by atoms with Crippen LogP contribution in [0.15, 0.2) is 96.1 Å². The number of hydrogen-bond acceptors (Lipinski definition) is 2. The molecule has 1 unspecified atom stereocenters. The highest BCUT2D eigenvalue weighted by atomic mass is 28.4. The second-order valence-electron chi connectivity index (χ2n) is 9.74. The average Bonchev–Trinajstić information content (AvgIpc) is 2.87. The maximum absolute atomic E-state index is 9.00. The van der Waals surface area contributed by atoms with Crippen LogP contribution in [0.3, 0.4) is 0 Å². The van der Waals surface area contributed by atoms with Crippen molar-refractivity contribution in [3.8, 4) is 11.8 Å². The Labute approximate surface area is 211 Å². The lowest BCUT2D eigenvalue weighted by Gasteiger charge is -2.43. The summed E-state index contributed by atoms with van der Waals surface area (Å²) >= 11 is 0. The molecule has 1 atom stereocenters. The van der Waals surface area contributed by atoms with Crippen LogP contribution < -0.4 is 10.4 Å². The Hall–Kier alpha value is -3.29. The quantitative estimate of drug-likeness (QED) is 0.0780. The monoisotopic (exact) mass is 481 g/mol. The first-order chi connectivity index (χ1) is 17.0. The van der Waals surface area contributed by atoms with Gasteiger partial charge in [-0.15, -0.1) is 0 Å². The van der Waals surface area contributed by atoms with E-state index in [-0.39, 0.29) is 11.1 Å². The molecule has 0 amide bonds. The van der Waals surface area contributed by atoms with Crippen LogP contribution in [-0.2, 0) is 4.43 Å². The highest BCUT2D eigenvalue weighted by Gasteiger charge is 2.49. The van der Waals surface area contributed by atoms with Crippen LogP contribution in [0, 0.1) is 11.8 Å². The van der Waals surface area contributed by atoms with Gasteiger partial charge in [-0.2, -0.15) is 0 Å². The summed E-state index contributed by atoms with van der Waals surface area (Å²) in [5.74, 6) is 6.33. The topological polar surface area (TPSA) is 58.0 Å². The maximum atomic E-state index is 9.00. The fraction of sp³-hybridized carbons (Fsp3) is 0.333. The third-order valence-electron chi connectivity index (χ3n) is 6.23. The van der Waals surface area contributed by atoms with Gasteiger partial charge >= 0.3 is 0 Å². The average molecular weight is 482 g/mol. The third-order valence-corrected chi connectivity index (χ3v) is 11.3. The van der Waals surface area contributed by atoms with Gasteiger partial charge in [0.2, 0.25) is 0 Å². The van der Waals surface area contributed by atoms with Crippen molar-refractivity contribution in [2.24, 2.45) is 5.11 Å². The molecule has 0 saturated carbocycles. The Morgan fingerprint density at radius 2 is 1.40 bits per heavy atom. The van der Waals surface area contributed by atoms with Crippen LogP contribution in [0.1, 0.15) is 52.0 Å². The molecule has 0 aromatic heterocycles. The lowest BCUT2D eigenvalue weighted by molar-refractivity contribution is 0.285. The van der Waals surface area contributed by atoms with E-state index in [0.29, 0.717) is 13.0 Å². The van der Waals surface area contributed by atoms with Gasteiger partial charge in [-0.1, -0.05) is 123 Å². The minimum Gasteiger partial charge on any atom is -0.407 e. The molecule has 0 spiro atoms. The van der Waals surface area contributed by atoms with E-state index in [4.69, 9.17) is 9.96 Å². The Morgan fingerprint density at radius 1 is 0.857 bits per heavy atom. The van der Waals surface area contributed by atoms with Crippen molar-refractivity contribution in [1.82, 2.24) is 0 Å². The zero-order valence-corrected chi connectivity index (χ0v) is 22.0. The number of rotatable bonds is 10. The van der Waals surface area contributed by atoms with Gasteiger partial charge in [-0.3, -0.25) is 0 Å². The SMILES string of the molecule is CC(C)(C)[Si](OCCCCC(CC#Cc1ccccc1)N=[N+]=[N-])(c1ccccc1)c1ccccc1. The zero-order valence-electron chi connectivity index (χ0n) is 21.0. The Morgan fingerprint density at radius 3 is 1.91 bits per heavy atom. The smallest absolute Gasteiger partial charge is 0.261 e. The lowest BCUT2D eigenvalue weighted by Crippen LogP contribution is -2.66. The van der Waals surface area contributed by atoms with Crippen LogP contribution >= 0.6 is 0 Å².